The number of hydrogen-bond donors (Lipinski definition) is 1. The fourth-order valence-electron chi connectivity index (χ4n) is 4.75. The van der Waals surface area contributed by atoms with Crippen molar-refractivity contribution >= 4 is 29.1 Å². The van der Waals surface area contributed by atoms with E-state index in [2.05, 4.69) is 5.32 Å². The molecule has 38 heavy (non-hydrogen) atoms. The first-order chi connectivity index (χ1) is 18.3. The SMILES string of the molecule is COc1ccc(NC(=O)[C@H]2c3cc(OC)c(OC)cc3C(=O)N(C)[C@H]2c2ccc(OC)c(OC)c2)cc1Cl. The molecule has 2 amide bonds. The van der Waals surface area contributed by atoms with Gasteiger partial charge < -0.3 is 33.9 Å². The van der Waals surface area contributed by atoms with E-state index in [-0.39, 0.29) is 11.8 Å². The van der Waals surface area contributed by atoms with Gasteiger partial charge in [-0.25, -0.2) is 0 Å². The highest BCUT2D eigenvalue weighted by atomic mass is 35.5. The third-order valence-electron chi connectivity index (χ3n) is 6.63. The molecule has 0 radical (unpaired) electrons. The Morgan fingerprint density at radius 2 is 1.37 bits per heavy atom. The number of fused-ring (bicyclic) bond motifs is 1. The molecule has 0 bridgehead atoms. The topological polar surface area (TPSA) is 95.6 Å². The lowest BCUT2D eigenvalue weighted by Gasteiger charge is -2.40. The number of halogens is 1. The van der Waals surface area contributed by atoms with Crippen molar-refractivity contribution in [2.45, 2.75) is 12.0 Å². The van der Waals surface area contributed by atoms with Crippen LogP contribution < -0.4 is 29.0 Å². The lowest BCUT2D eigenvalue weighted by Crippen LogP contribution is -2.44. The van der Waals surface area contributed by atoms with Gasteiger partial charge in [0.05, 0.1) is 52.5 Å². The normalized spacial score (nSPS) is 16.4. The fourth-order valence-corrected chi connectivity index (χ4v) is 5.01. The summed E-state index contributed by atoms with van der Waals surface area (Å²) in [5.74, 6) is 0.839. The van der Waals surface area contributed by atoms with Crippen LogP contribution in [0.25, 0.3) is 0 Å². The molecule has 0 saturated heterocycles. The number of likely N-dealkylation sites (N-methyl/N-ethyl adjacent to an activating group) is 1. The van der Waals surface area contributed by atoms with E-state index in [4.69, 9.17) is 35.3 Å². The zero-order chi connectivity index (χ0) is 27.6. The van der Waals surface area contributed by atoms with Gasteiger partial charge in [0.2, 0.25) is 5.91 Å². The fraction of sp³-hybridized carbons (Fsp3) is 0.286. The summed E-state index contributed by atoms with van der Waals surface area (Å²) in [7, 11) is 9.24. The number of rotatable bonds is 8. The molecule has 10 heteroatoms. The number of nitrogens with zero attached hydrogens (tertiary/aromatic N) is 1. The standard InChI is InChI=1S/C28H29ClN2O7/c1-31-26(15-7-9-21(35-3)22(11-15)36-4)25(27(32)30-16-8-10-20(34-2)19(29)12-16)17-13-23(37-5)24(38-6)14-18(17)28(31)33/h7-14,25-26H,1-6H3,(H,30,32)/t25-,26-/m0/s1. The van der Waals surface area contributed by atoms with Crippen LogP contribution >= 0.6 is 11.6 Å². The first-order valence-corrected chi connectivity index (χ1v) is 12.0. The van der Waals surface area contributed by atoms with E-state index in [1.54, 1.807) is 61.5 Å². The number of methoxy groups -OCH3 is 5. The summed E-state index contributed by atoms with van der Waals surface area (Å²) in [5, 5.41) is 3.30. The lowest BCUT2D eigenvalue weighted by molar-refractivity contribution is -0.119. The van der Waals surface area contributed by atoms with Crippen LogP contribution in [0.15, 0.2) is 48.5 Å². The van der Waals surface area contributed by atoms with Crippen LogP contribution in [-0.2, 0) is 4.79 Å². The van der Waals surface area contributed by atoms with Gasteiger partial charge in [0.25, 0.3) is 5.91 Å². The number of benzene rings is 3. The molecule has 1 aliphatic rings. The molecule has 1 N–H and O–H groups in total. The molecule has 0 aliphatic carbocycles. The number of hydrogen-bond acceptors (Lipinski definition) is 7. The van der Waals surface area contributed by atoms with E-state index in [0.717, 1.165) is 0 Å². The molecule has 4 rings (SSSR count). The van der Waals surface area contributed by atoms with Crippen molar-refractivity contribution < 1.29 is 33.3 Å². The van der Waals surface area contributed by atoms with E-state index >= 15 is 0 Å². The second kappa shape index (κ2) is 11.1. The lowest BCUT2D eigenvalue weighted by atomic mass is 9.79. The first kappa shape index (κ1) is 26.9. The quantitative estimate of drug-likeness (QED) is 0.432. The van der Waals surface area contributed by atoms with Crippen LogP contribution in [0.2, 0.25) is 5.02 Å². The third-order valence-corrected chi connectivity index (χ3v) is 6.92. The minimum absolute atomic E-state index is 0.266. The molecule has 0 aromatic heterocycles. The van der Waals surface area contributed by atoms with Crippen molar-refractivity contribution in [2.24, 2.45) is 0 Å². The van der Waals surface area contributed by atoms with Crippen LogP contribution in [-0.4, -0.2) is 59.3 Å². The molecule has 0 unspecified atom stereocenters. The zero-order valence-corrected chi connectivity index (χ0v) is 22.7. The van der Waals surface area contributed by atoms with Crippen molar-refractivity contribution in [3.05, 3.63) is 70.2 Å². The summed E-state index contributed by atoms with van der Waals surface area (Å²) < 4.78 is 27.0. The van der Waals surface area contributed by atoms with E-state index < -0.39 is 12.0 Å². The van der Waals surface area contributed by atoms with Gasteiger partial charge in [-0.1, -0.05) is 17.7 Å². The monoisotopic (exact) mass is 540 g/mol. The number of carbonyl (C=O) groups excluding carboxylic acids is 2. The second-order valence-electron chi connectivity index (χ2n) is 8.59. The van der Waals surface area contributed by atoms with Gasteiger partial charge in [0.15, 0.2) is 23.0 Å². The molecule has 0 saturated carbocycles. The molecule has 0 fully saturated rings. The Bertz CT molecular complexity index is 1380. The van der Waals surface area contributed by atoms with Crippen molar-refractivity contribution in [3.63, 3.8) is 0 Å². The molecular weight excluding hydrogens is 512 g/mol. The molecule has 3 aromatic rings. The van der Waals surface area contributed by atoms with Gasteiger partial charge >= 0.3 is 0 Å². The van der Waals surface area contributed by atoms with E-state index in [1.165, 1.54) is 28.4 Å². The summed E-state index contributed by atoms with van der Waals surface area (Å²) in [6.07, 6.45) is 0. The van der Waals surface area contributed by atoms with E-state index in [1.807, 2.05) is 6.07 Å². The van der Waals surface area contributed by atoms with Crippen molar-refractivity contribution in [1.82, 2.24) is 4.90 Å². The Balaban J connectivity index is 1.88. The summed E-state index contributed by atoms with van der Waals surface area (Å²) in [6.45, 7) is 0. The molecular formula is C28H29ClN2O7. The number of anilines is 1. The van der Waals surface area contributed by atoms with Crippen LogP contribution in [0.3, 0.4) is 0 Å². The maximum atomic E-state index is 14.0. The Kier molecular flexibility index (Phi) is 7.87. The smallest absolute Gasteiger partial charge is 0.254 e. The summed E-state index contributed by atoms with van der Waals surface area (Å²) in [5.41, 5.74) is 2.01. The van der Waals surface area contributed by atoms with Gasteiger partial charge in [-0.05, 0) is 53.6 Å². The first-order valence-electron chi connectivity index (χ1n) is 11.7. The summed E-state index contributed by atoms with van der Waals surface area (Å²) >= 11 is 6.30. The van der Waals surface area contributed by atoms with Gasteiger partial charge in [0.1, 0.15) is 5.75 Å². The molecule has 0 spiro atoms. The molecule has 2 atom stereocenters. The highest BCUT2D eigenvalue weighted by Gasteiger charge is 2.44. The molecule has 9 nitrogen and oxygen atoms in total. The Morgan fingerprint density at radius 3 is 1.97 bits per heavy atom. The number of nitrogens with one attached hydrogen (secondary N) is 1. The second-order valence-corrected chi connectivity index (χ2v) is 8.99. The Labute approximate surface area is 226 Å². The minimum Gasteiger partial charge on any atom is -0.495 e. The molecule has 3 aromatic carbocycles. The van der Waals surface area contributed by atoms with Gasteiger partial charge in [-0.3, -0.25) is 9.59 Å². The van der Waals surface area contributed by atoms with E-state index in [0.29, 0.717) is 56.1 Å². The van der Waals surface area contributed by atoms with Crippen LogP contribution in [0.5, 0.6) is 28.7 Å². The average molecular weight is 541 g/mol. The zero-order valence-electron chi connectivity index (χ0n) is 22.0. The predicted molar refractivity (Wildman–Crippen MR) is 143 cm³/mol. The molecule has 1 heterocycles. The largest absolute Gasteiger partial charge is 0.495 e. The average Bonchev–Trinajstić information content (AvgIpc) is 2.93. The van der Waals surface area contributed by atoms with Crippen LogP contribution in [0.1, 0.15) is 33.4 Å². The third kappa shape index (κ3) is 4.77. The van der Waals surface area contributed by atoms with Crippen molar-refractivity contribution in [1.29, 1.82) is 0 Å². The maximum Gasteiger partial charge on any atom is 0.254 e. The Hall–Kier alpha value is -4.11. The van der Waals surface area contributed by atoms with Gasteiger partial charge in [-0.15, -0.1) is 0 Å². The van der Waals surface area contributed by atoms with Gasteiger partial charge in [0, 0.05) is 18.3 Å². The molecule has 200 valence electrons. The van der Waals surface area contributed by atoms with Crippen LogP contribution in [0.4, 0.5) is 5.69 Å². The number of amides is 2. The molecule has 1 aliphatic heterocycles. The van der Waals surface area contributed by atoms with Crippen molar-refractivity contribution in [2.75, 3.05) is 47.9 Å². The number of carbonyl (C=O) groups is 2. The van der Waals surface area contributed by atoms with Crippen molar-refractivity contribution in [3.8, 4) is 28.7 Å². The Morgan fingerprint density at radius 1 is 0.789 bits per heavy atom. The van der Waals surface area contributed by atoms with E-state index in [9.17, 15) is 9.59 Å². The number of ether oxygens (including phenoxy) is 5. The predicted octanol–water partition coefficient (Wildman–Crippen LogP) is 4.93. The summed E-state index contributed by atoms with van der Waals surface area (Å²) in [6, 6.07) is 12.9. The van der Waals surface area contributed by atoms with Crippen LogP contribution in [0, 0.1) is 0 Å². The highest BCUT2D eigenvalue weighted by Crippen LogP contribution is 2.47. The maximum absolute atomic E-state index is 14.0. The van der Waals surface area contributed by atoms with Gasteiger partial charge in [-0.2, -0.15) is 0 Å². The highest BCUT2D eigenvalue weighted by molar-refractivity contribution is 6.32. The minimum atomic E-state index is -0.827. The summed E-state index contributed by atoms with van der Waals surface area (Å²) in [4.78, 5) is 29.2.